The Bertz CT molecular complexity index is 3380. The second-order valence-electron chi connectivity index (χ2n) is 22.9. The molecule has 0 radical (unpaired) electrons. The predicted molar refractivity (Wildman–Crippen MR) is 306 cm³/mol. The number of hydrogen-bond acceptors (Lipinski definition) is 13. The molecule has 424 valence electrons. The second-order valence-corrected chi connectivity index (χ2v) is 24.5. The summed E-state index contributed by atoms with van der Waals surface area (Å²) in [7, 11) is 0. The van der Waals surface area contributed by atoms with Crippen molar-refractivity contribution in [3.8, 4) is 16.1 Å². The monoisotopic (exact) mass is 1140 g/mol. The number of aryl methyl sites for hydroxylation is 2. The van der Waals surface area contributed by atoms with Crippen molar-refractivity contribution in [3.63, 3.8) is 0 Å². The predicted octanol–water partition coefficient (Wildman–Crippen LogP) is 5.33. The molecule has 4 aliphatic rings. The Kier molecular flexibility index (Phi) is 16.4. The van der Waals surface area contributed by atoms with Crippen LogP contribution < -0.4 is 26.6 Å². The van der Waals surface area contributed by atoms with Crippen LogP contribution in [0.25, 0.3) is 16.1 Å². The smallest absolute Gasteiger partial charge is 0.248 e. The standard InChI is InChI=1S/C59H68ClN13O7S/c1-33-34(2)81-57-49(33)50(39-18-20-41(60)21-19-39)65-43(52-69-67-35(3)73(52)57)27-47(75)62-28-40-13-10-24-61-54(78)44(25-36-14-16-38(17-15-36)37-11-8-7-9-12-37)66-55(79)45-26-42(74)30-71(45)56(80)51(58(4,5)6)72-31-46(68-70-72)59(22-23-59)32-64-48(76)29-63-53(40)77/h7-9,11-12,14-21,31,40,42-45,51,74H,10,13,22-30,32H2,1-6H3,(H,61,78)(H,62,75)(H,63,77)(H,64,76)(H,66,79)/t40-,42-,43+,44-,45+,51-/m1/s1. The molecule has 2 bridgehead atoms. The maximum Gasteiger partial charge on any atom is 0.248 e. The number of amides is 6. The number of thiophene rings is 1. The van der Waals surface area contributed by atoms with Gasteiger partial charge in [-0.15, -0.1) is 26.6 Å². The molecule has 1 spiro atoms. The lowest BCUT2D eigenvalue weighted by atomic mass is 9.85. The number of nitrogens with zero attached hydrogens (tertiary/aromatic N) is 8. The molecule has 3 aromatic carbocycles. The number of carbonyl (C=O) groups excluding carboxylic acids is 6. The van der Waals surface area contributed by atoms with E-state index in [1.165, 1.54) is 9.58 Å². The number of nitrogens with one attached hydrogen (secondary N) is 5. The summed E-state index contributed by atoms with van der Waals surface area (Å²) in [6.07, 6.45) is 2.47. The maximum atomic E-state index is 14.8. The van der Waals surface area contributed by atoms with E-state index in [9.17, 15) is 33.9 Å². The third kappa shape index (κ3) is 12.4. The van der Waals surface area contributed by atoms with Crippen LogP contribution in [0.1, 0.15) is 116 Å². The highest BCUT2D eigenvalue weighted by molar-refractivity contribution is 7.15. The summed E-state index contributed by atoms with van der Waals surface area (Å²) in [6, 6.07) is 21.0. The number of halogens is 1. The van der Waals surface area contributed by atoms with Crippen molar-refractivity contribution in [2.75, 3.05) is 32.7 Å². The van der Waals surface area contributed by atoms with Gasteiger partial charge in [-0.2, -0.15) is 0 Å². The Labute approximate surface area is 478 Å². The van der Waals surface area contributed by atoms with Gasteiger partial charge in [0.05, 0.1) is 42.6 Å². The lowest BCUT2D eigenvalue weighted by Gasteiger charge is -2.35. The zero-order chi connectivity index (χ0) is 57.3. The molecule has 3 aromatic heterocycles. The third-order valence-electron chi connectivity index (χ3n) is 16.0. The van der Waals surface area contributed by atoms with Gasteiger partial charge in [-0.25, -0.2) is 4.68 Å². The molecule has 81 heavy (non-hydrogen) atoms. The number of fused-ring (bicyclic) bond motifs is 7. The average Bonchev–Trinajstić information content (AvgIpc) is 3.84. The van der Waals surface area contributed by atoms with E-state index in [1.807, 2.05) is 106 Å². The number of aliphatic imine (C=N–C) groups is 1. The second kappa shape index (κ2) is 23.5. The van der Waals surface area contributed by atoms with Gasteiger partial charge in [0.2, 0.25) is 35.4 Å². The minimum Gasteiger partial charge on any atom is -0.391 e. The molecular formula is C59H68ClN13O7S. The number of aromatic nitrogens is 6. The van der Waals surface area contributed by atoms with Crippen molar-refractivity contribution in [2.24, 2.45) is 16.3 Å². The van der Waals surface area contributed by atoms with Crippen LogP contribution in [0.3, 0.4) is 0 Å². The first-order chi connectivity index (χ1) is 38.8. The highest BCUT2D eigenvalue weighted by Crippen LogP contribution is 2.47. The molecule has 6 atom stereocenters. The number of rotatable bonds is 8. The topological polar surface area (TPSA) is 260 Å². The van der Waals surface area contributed by atoms with Crippen molar-refractivity contribution in [3.05, 3.63) is 135 Å². The van der Waals surface area contributed by atoms with Crippen LogP contribution in [-0.4, -0.2) is 132 Å². The molecule has 6 amide bonds. The summed E-state index contributed by atoms with van der Waals surface area (Å²) < 4.78 is 3.46. The molecule has 22 heteroatoms. The van der Waals surface area contributed by atoms with Crippen molar-refractivity contribution < 1.29 is 33.9 Å². The van der Waals surface area contributed by atoms with E-state index in [0.717, 1.165) is 43.3 Å². The minimum absolute atomic E-state index is 0.0468. The van der Waals surface area contributed by atoms with E-state index in [1.54, 1.807) is 29.7 Å². The summed E-state index contributed by atoms with van der Waals surface area (Å²) in [4.78, 5) is 93.4. The zero-order valence-corrected chi connectivity index (χ0v) is 47.9. The van der Waals surface area contributed by atoms with E-state index >= 15 is 0 Å². The van der Waals surface area contributed by atoms with Gasteiger partial charge < -0.3 is 36.6 Å². The van der Waals surface area contributed by atoms with Gasteiger partial charge in [-0.05, 0) is 86.3 Å². The molecule has 0 unspecified atom stereocenters. The van der Waals surface area contributed by atoms with E-state index in [2.05, 4.69) is 54.0 Å². The fourth-order valence-electron chi connectivity index (χ4n) is 11.1. The zero-order valence-electron chi connectivity index (χ0n) is 46.3. The first kappa shape index (κ1) is 56.6. The third-order valence-corrected chi connectivity index (χ3v) is 17.4. The van der Waals surface area contributed by atoms with Crippen molar-refractivity contribution >= 4 is 64.1 Å². The summed E-state index contributed by atoms with van der Waals surface area (Å²) >= 11 is 7.93. The molecule has 3 aliphatic heterocycles. The molecule has 1 aliphatic carbocycles. The maximum absolute atomic E-state index is 14.8. The Balaban J connectivity index is 0.904. The first-order valence-corrected chi connectivity index (χ1v) is 28.8. The molecule has 10 rings (SSSR count). The number of carbonyl (C=O) groups is 6. The van der Waals surface area contributed by atoms with Crippen LogP contribution in [0.2, 0.25) is 5.02 Å². The highest BCUT2D eigenvalue weighted by Gasteiger charge is 2.50. The molecule has 20 nitrogen and oxygen atoms in total. The molecule has 6 aromatic rings. The van der Waals surface area contributed by atoms with E-state index in [0.29, 0.717) is 40.9 Å². The largest absolute Gasteiger partial charge is 0.391 e. The molecule has 1 saturated heterocycles. The van der Waals surface area contributed by atoms with Crippen molar-refractivity contribution in [2.45, 2.75) is 122 Å². The summed E-state index contributed by atoms with van der Waals surface area (Å²) in [6.45, 7) is 11.3. The molecular weight excluding hydrogens is 1070 g/mol. The number of benzene rings is 3. The fourth-order valence-corrected chi connectivity index (χ4v) is 12.4. The number of hydrogen-bond donors (Lipinski definition) is 6. The van der Waals surface area contributed by atoms with E-state index in [4.69, 9.17) is 16.6 Å². The summed E-state index contributed by atoms with van der Waals surface area (Å²) in [5.74, 6) is -2.56. The van der Waals surface area contributed by atoms with Gasteiger partial charge in [0.25, 0.3) is 0 Å². The van der Waals surface area contributed by atoms with Gasteiger partial charge in [0.1, 0.15) is 35.0 Å². The summed E-state index contributed by atoms with van der Waals surface area (Å²) in [5, 5.41) is 45.1. The SMILES string of the molecule is Cc1sc2c(c1C)C(c1ccc(Cl)cc1)=N[C@@H](CC(=O)NC[C@H]1CCCNC(=O)[C@@H](Cc3ccc(-c4ccccc4)cc3)NC(=O)[C@@H]3C[C@@H](O)CN3C(=O)[C@H](C(C)(C)C)n3cc(nn3)C3(CC3)CNC(=O)CNC1=O)c1nnc(C)n1-2. The number of aliphatic hydroxyl groups is 1. The van der Waals surface area contributed by atoms with Crippen LogP contribution in [0, 0.1) is 32.1 Å². The normalized spacial score (nSPS) is 22.7. The number of aliphatic hydroxyl groups excluding tert-OH is 1. The van der Waals surface area contributed by atoms with Gasteiger partial charge in [-0.1, -0.05) is 104 Å². The van der Waals surface area contributed by atoms with Gasteiger partial charge in [-0.3, -0.25) is 38.3 Å². The quantitative estimate of drug-likeness (QED) is 0.114. The van der Waals surface area contributed by atoms with Crippen molar-refractivity contribution in [1.82, 2.24) is 61.2 Å². The van der Waals surface area contributed by atoms with Gasteiger partial charge in [0, 0.05) is 65.5 Å². The van der Waals surface area contributed by atoms with Crippen LogP contribution in [0.4, 0.5) is 0 Å². The lowest BCUT2D eigenvalue weighted by molar-refractivity contribution is -0.144. The van der Waals surface area contributed by atoms with Crippen molar-refractivity contribution in [1.29, 1.82) is 0 Å². The highest BCUT2D eigenvalue weighted by atomic mass is 35.5. The molecule has 6 heterocycles. The van der Waals surface area contributed by atoms with Crippen LogP contribution in [-0.2, 0) is 40.6 Å². The minimum atomic E-state index is -1.11. The van der Waals surface area contributed by atoms with Gasteiger partial charge in [0.15, 0.2) is 5.82 Å². The van der Waals surface area contributed by atoms with E-state index < -0.39 is 82.5 Å². The average molecular weight is 1140 g/mol. The summed E-state index contributed by atoms with van der Waals surface area (Å²) in [5.41, 5.74) is 5.51. The first-order valence-electron chi connectivity index (χ1n) is 27.6. The Hall–Kier alpha value is -7.62. The van der Waals surface area contributed by atoms with Crippen LogP contribution in [0.15, 0.2) is 90.1 Å². The molecule has 2 fully saturated rings. The Morgan fingerprint density at radius 1 is 0.864 bits per heavy atom. The molecule has 6 N–H and O–H groups in total. The fraction of sp³-hybridized carbons (Fsp3) is 0.441. The Morgan fingerprint density at radius 2 is 1.58 bits per heavy atom. The lowest BCUT2D eigenvalue weighted by Crippen LogP contribution is -2.55. The van der Waals surface area contributed by atoms with E-state index in [-0.39, 0.29) is 64.8 Å². The van der Waals surface area contributed by atoms with Crippen LogP contribution in [0.5, 0.6) is 0 Å². The van der Waals surface area contributed by atoms with Gasteiger partial charge >= 0.3 is 0 Å². The van der Waals surface area contributed by atoms with Crippen LogP contribution >= 0.6 is 22.9 Å². The molecule has 1 saturated carbocycles. The Morgan fingerprint density at radius 3 is 2.30 bits per heavy atom.